The highest BCUT2D eigenvalue weighted by atomic mass is 16.5. The zero-order valence-electron chi connectivity index (χ0n) is 16.1. The van der Waals surface area contributed by atoms with Crippen LogP contribution in [0.15, 0.2) is 54.6 Å². The molecule has 0 fully saturated rings. The van der Waals surface area contributed by atoms with Crippen LogP contribution in [0.5, 0.6) is 0 Å². The van der Waals surface area contributed by atoms with Crippen molar-refractivity contribution in [2.24, 2.45) is 10.4 Å². The summed E-state index contributed by atoms with van der Waals surface area (Å²) >= 11 is 0. The Bertz CT molecular complexity index is 578. The molecule has 0 unspecified atom stereocenters. The van der Waals surface area contributed by atoms with Crippen molar-refractivity contribution in [2.45, 2.75) is 51.7 Å². The minimum atomic E-state index is 0.0565. The van der Waals surface area contributed by atoms with Crippen molar-refractivity contribution in [1.82, 2.24) is 4.90 Å². The summed E-state index contributed by atoms with van der Waals surface area (Å²) in [6.45, 7) is 15.1. The highest BCUT2D eigenvalue weighted by molar-refractivity contribution is 5.61. The number of rotatable bonds is 8. The van der Waals surface area contributed by atoms with Crippen molar-refractivity contribution < 1.29 is 4.74 Å². The standard InChI is InChI=1S/C22H32N2O/c1-7-11-19-17-13-9-10-14-18(17)20(12-8-2)24(19)16-23-21(15-25-6)22(3,4)5/h7-10,13-14,16,19-21H,1-2,11-12,15H2,3-6H3/t19-,20-,21+/m0/s1. The van der Waals surface area contributed by atoms with Crippen LogP contribution in [0.1, 0.15) is 56.8 Å². The maximum Gasteiger partial charge on any atom is 0.0865 e. The van der Waals surface area contributed by atoms with Gasteiger partial charge in [0.2, 0.25) is 0 Å². The van der Waals surface area contributed by atoms with Gasteiger partial charge >= 0.3 is 0 Å². The van der Waals surface area contributed by atoms with E-state index in [2.05, 4.69) is 63.1 Å². The predicted octanol–water partition coefficient (Wildman–Crippen LogP) is 5.33. The van der Waals surface area contributed by atoms with Gasteiger partial charge in [0, 0.05) is 7.11 Å². The first-order valence-corrected chi connectivity index (χ1v) is 9.04. The highest BCUT2D eigenvalue weighted by Gasteiger charge is 2.35. The molecule has 1 aromatic carbocycles. The molecule has 0 saturated carbocycles. The molecule has 1 aromatic rings. The molecular formula is C22H32N2O. The van der Waals surface area contributed by atoms with Crippen LogP contribution < -0.4 is 0 Å². The van der Waals surface area contributed by atoms with E-state index >= 15 is 0 Å². The number of fused-ring (bicyclic) bond motifs is 1. The molecule has 0 radical (unpaired) electrons. The summed E-state index contributed by atoms with van der Waals surface area (Å²) in [7, 11) is 1.74. The van der Waals surface area contributed by atoms with Crippen LogP contribution in [0.4, 0.5) is 0 Å². The molecule has 136 valence electrons. The Balaban J connectivity index is 2.36. The molecule has 0 aliphatic carbocycles. The summed E-state index contributed by atoms with van der Waals surface area (Å²) in [6, 6.07) is 9.37. The van der Waals surface area contributed by atoms with Crippen molar-refractivity contribution in [3.05, 3.63) is 60.7 Å². The molecule has 3 atom stereocenters. The van der Waals surface area contributed by atoms with E-state index in [9.17, 15) is 0 Å². The lowest BCUT2D eigenvalue weighted by molar-refractivity contribution is 0.135. The number of nitrogens with zero attached hydrogens (tertiary/aromatic N) is 2. The Hall–Kier alpha value is -1.87. The van der Waals surface area contributed by atoms with Crippen molar-refractivity contribution in [3.8, 4) is 0 Å². The van der Waals surface area contributed by atoms with Gasteiger partial charge in [0.05, 0.1) is 31.1 Å². The van der Waals surface area contributed by atoms with Crippen LogP contribution in [-0.4, -0.2) is 31.0 Å². The zero-order valence-corrected chi connectivity index (χ0v) is 16.1. The molecule has 3 nitrogen and oxygen atoms in total. The second kappa shape index (κ2) is 8.48. The Morgan fingerprint density at radius 2 is 1.64 bits per heavy atom. The Morgan fingerprint density at radius 1 is 1.12 bits per heavy atom. The van der Waals surface area contributed by atoms with Crippen LogP contribution in [-0.2, 0) is 4.74 Å². The summed E-state index contributed by atoms with van der Waals surface area (Å²) < 4.78 is 5.39. The molecule has 3 heteroatoms. The van der Waals surface area contributed by atoms with E-state index < -0.39 is 0 Å². The molecule has 0 N–H and O–H groups in total. The van der Waals surface area contributed by atoms with Gasteiger partial charge < -0.3 is 9.64 Å². The fraction of sp³-hybridized carbons (Fsp3) is 0.500. The molecule has 25 heavy (non-hydrogen) atoms. The summed E-state index contributed by atoms with van der Waals surface area (Å²) in [5, 5.41) is 0. The second-order valence-electron chi connectivity index (χ2n) is 7.76. The third-order valence-corrected chi connectivity index (χ3v) is 4.92. The van der Waals surface area contributed by atoms with Gasteiger partial charge in [-0.15, -0.1) is 13.2 Å². The summed E-state index contributed by atoms with van der Waals surface area (Å²) in [4.78, 5) is 7.30. The number of hydrogen-bond acceptors (Lipinski definition) is 2. The molecule has 0 bridgehead atoms. The molecule has 0 aromatic heterocycles. The van der Waals surface area contributed by atoms with Crippen LogP contribution >= 0.6 is 0 Å². The third kappa shape index (κ3) is 4.40. The van der Waals surface area contributed by atoms with Crippen molar-refractivity contribution in [1.29, 1.82) is 0 Å². The Kier molecular flexibility index (Phi) is 6.60. The highest BCUT2D eigenvalue weighted by Crippen LogP contribution is 2.44. The molecule has 2 rings (SSSR count). The first-order chi connectivity index (χ1) is 11.9. The number of hydrogen-bond donors (Lipinski definition) is 0. The van der Waals surface area contributed by atoms with Gasteiger partial charge in [0.15, 0.2) is 0 Å². The number of methoxy groups -OCH3 is 1. The third-order valence-electron chi connectivity index (χ3n) is 4.92. The van der Waals surface area contributed by atoms with Gasteiger partial charge in [-0.3, -0.25) is 4.99 Å². The largest absolute Gasteiger partial charge is 0.382 e. The van der Waals surface area contributed by atoms with Crippen LogP contribution in [0.25, 0.3) is 0 Å². The fourth-order valence-electron chi connectivity index (χ4n) is 3.46. The van der Waals surface area contributed by atoms with Gasteiger partial charge in [0.1, 0.15) is 0 Å². The Morgan fingerprint density at radius 3 is 2.04 bits per heavy atom. The molecule has 1 heterocycles. The summed E-state index contributed by atoms with van der Waals surface area (Å²) in [5.74, 6) is 0. The van der Waals surface area contributed by atoms with E-state index in [0.29, 0.717) is 6.61 Å². The van der Waals surface area contributed by atoms with Gasteiger partial charge in [-0.05, 0) is 29.4 Å². The maximum atomic E-state index is 5.39. The topological polar surface area (TPSA) is 24.8 Å². The van der Waals surface area contributed by atoms with Crippen LogP contribution in [0, 0.1) is 5.41 Å². The minimum Gasteiger partial charge on any atom is -0.382 e. The quantitative estimate of drug-likeness (QED) is 0.363. The molecular weight excluding hydrogens is 308 g/mol. The average molecular weight is 341 g/mol. The monoisotopic (exact) mass is 340 g/mol. The molecule has 1 aliphatic rings. The van der Waals surface area contributed by atoms with Crippen molar-refractivity contribution in [3.63, 3.8) is 0 Å². The smallest absolute Gasteiger partial charge is 0.0865 e. The van der Waals surface area contributed by atoms with Gasteiger partial charge in [-0.1, -0.05) is 57.2 Å². The van der Waals surface area contributed by atoms with Crippen molar-refractivity contribution in [2.75, 3.05) is 13.7 Å². The first kappa shape index (κ1) is 19.5. The molecule has 0 amide bonds. The van der Waals surface area contributed by atoms with E-state index in [1.54, 1.807) is 7.11 Å². The predicted molar refractivity (Wildman–Crippen MR) is 107 cm³/mol. The summed E-state index contributed by atoms with van der Waals surface area (Å²) in [5.41, 5.74) is 2.81. The average Bonchev–Trinajstić information content (AvgIpc) is 2.85. The van der Waals surface area contributed by atoms with E-state index in [4.69, 9.17) is 9.73 Å². The van der Waals surface area contributed by atoms with Crippen LogP contribution in [0.3, 0.4) is 0 Å². The lowest BCUT2D eigenvalue weighted by Crippen LogP contribution is -2.32. The lowest BCUT2D eigenvalue weighted by atomic mass is 9.88. The Labute approximate surface area is 153 Å². The number of ether oxygens (including phenoxy) is 1. The molecule has 0 saturated heterocycles. The summed E-state index contributed by atoms with van der Waals surface area (Å²) in [6.07, 6.45) is 7.84. The number of benzene rings is 1. The van der Waals surface area contributed by atoms with Crippen molar-refractivity contribution >= 4 is 6.34 Å². The van der Waals surface area contributed by atoms with Gasteiger partial charge in [0.25, 0.3) is 0 Å². The van der Waals surface area contributed by atoms with E-state index in [1.165, 1.54) is 11.1 Å². The molecule has 0 spiro atoms. The van der Waals surface area contributed by atoms with E-state index in [-0.39, 0.29) is 23.5 Å². The van der Waals surface area contributed by atoms with Gasteiger partial charge in [-0.2, -0.15) is 0 Å². The fourth-order valence-corrected chi connectivity index (χ4v) is 3.46. The molecule has 1 aliphatic heterocycles. The number of aliphatic imine (C=N–C) groups is 1. The normalized spacial score (nSPS) is 21.4. The minimum absolute atomic E-state index is 0.0565. The zero-order chi connectivity index (χ0) is 18.4. The van der Waals surface area contributed by atoms with Crippen LogP contribution in [0.2, 0.25) is 0 Å². The second-order valence-corrected chi connectivity index (χ2v) is 7.76. The van der Waals surface area contributed by atoms with Gasteiger partial charge in [-0.25, -0.2) is 0 Å². The first-order valence-electron chi connectivity index (χ1n) is 9.04. The van der Waals surface area contributed by atoms with E-state index in [0.717, 1.165) is 12.8 Å². The van der Waals surface area contributed by atoms with E-state index in [1.807, 2.05) is 18.5 Å². The SMILES string of the molecule is C=CC[C@H]1c2ccccc2[C@H](CC=C)N1C=N[C@H](COC)C(C)(C)C. The lowest BCUT2D eigenvalue weighted by Gasteiger charge is -2.31. The maximum absolute atomic E-state index is 5.39.